The van der Waals surface area contributed by atoms with E-state index in [1.807, 2.05) is 25.2 Å². The van der Waals surface area contributed by atoms with Crippen LogP contribution >= 0.6 is 0 Å². The summed E-state index contributed by atoms with van der Waals surface area (Å²) < 4.78 is 0. The van der Waals surface area contributed by atoms with E-state index in [1.165, 1.54) is 0 Å². The largest absolute Gasteiger partial charge is 0.397 e. The lowest BCUT2D eigenvalue weighted by molar-refractivity contribution is 1.50. The third kappa shape index (κ3) is 1.52. The molecule has 1 aromatic rings. The molecular weight excluding hydrogens is 136 g/mol. The molecule has 0 saturated carbocycles. The van der Waals surface area contributed by atoms with Gasteiger partial charge in [-0.25, -0.2) is 0 Å². The van der Waals surface area contributed by atoms with E-state index in [4.69, 9.17) is 5.73 Å². The molecule has 0 radical (unpaired) electrons. The zero-order chi connectivity index (χ0) is 8.27. The molecule has 1 aromatic carbocycles. The first-order chi connectivity index (χ1) is 5.27. The lowest BCUT2D eigenvalue weighted by atomic mass is 10.2. The maximum absolute atomic E-state index is 5.70. The van der Waals surface area contributed by atoms with Gasteiger partial charge in [0.25, 0.3) is 0 Å². The first-order valence-corrected chi connectivity index (χ1v) is 3.47. The van der Waals surface area contributed by atoms with Gasteiger partial charge in [-0.15, -0.1) is 0 Å². The van der Waals surface area contributed by atoms with Crippen LogP contribution in [0.15, 0.2) is 24.8 Å². The van der Waals surface area contributed by atoms with E-state index in [0.717, 1.165) is 16.9 Å². The molecular formula is C9H12N2. The summed E-state index contributed by atoms with van der Waals surface area (Å²) in [7, 11) is 1.85. The Morgan fingerprint density at radius 1 is 1.55 bits per heavy atom. The molecule has 0 aliphatic rings. The minimum Gasteiger partial charge on any atom is -0.397 e. The van der Waals surface area contributed by atoms with E-state index >= 15 is 0 Å². The SMILES string of the molecule is C=Cc1ccc(NC)c(N)c1. The molecule has 2 heteroatoms. The average molecular weight is 148 g/mol. The highest BCUT2D eigenvalue weighted by Crippen LogP contribution is 2.19. The van der Waals surface area contributed by atoms with Crippen LogP contribution in [-0.4, -0.2) is 7.05 Å². The van der Waals surface area contributed by atoms with Crippen molar-refractivity contribution in [3.8, 4) is 0 Å². The Labute approximate surface area is 66.7 Å². The van der Waals surface area contributed by atoms with Crippen molar-refractivity contribution in [2.24, 2.45) is 0 Å². The first-order valence-electron chi connectivity index (χ1n) is 3.47. The predicted molar refractivity (Wildman–Crippen MR) is 50.5 cm³/mol. The summed E-state index contributed by atoms with van der Waals surface area (Å²) in [6.45, 7) is 3.65. The summed E-state index contributed by atoms with van der Waals surface area (Å²) in [5.41, 5.74) is 8.45. The number of benzene rings is 1. The second-order valence-corrected chi connectivity index (χ2v) is 2.30. The quantitative estimate of drug-likeness (QED) is 0.629. The van der Waals surface area contributed by atoms with Gasteiger partial charge in [0.05, 0.1) is 11.4 Å². The van der Waals surface area contributed by atoms with Gasteiger partial charge in [-0.1, -0.05) is 18.7 Å². The van der Waals surface area contributed by atoms with E-state index in [-0.39, 0.29) is 0 Å². The van der Waals surface area contributed by atoms with Gasteiger partial charge in [-0.05, 0) is 17.7 Å². The monoisotopic (exact) mass is 148 g/mol. The fourth-order valence-corrected chi connectivity index (χ4v) is 0.936. The third-order valence-electron chi connectivity index (χ3n) is 1.58. The maximum atomic E-state index is 5.70. The summed E-state index contributed by atoms with van der Waals surface area (Å²) in [6.07, 6.45) is 1.77. The van der Waals surface area contributed by atoms with Crippen LogP contribution in [0.25, 0.3) is 6.08 Å². The van der Waals surface area contributed by atoms with Crippen LogP contribution < -0.4 is 11.1 Å². The number of nitrogens with two attached hydrogens (primary N) is 1. The molecule has 1 rings (SSSR count). The summed E-state index contributed by atoms with van der Waals surface area (Å²) in [5, 5.41) is 2.99. The van der Waals surface area contributed by atoms with Gasteiger partial charge in [0.15, 0.2) is 0 Å². The molecule has 0 unspecified atom stereocenters. The number of nitrogens with one attached hydrogen (secondary N) is 1. The zero-order valence-corrected chi connectivity index (χ0v) is 6.59. The van der Waals surface area contributed by atoms with Gasteiger partial charge in [-0.2, -0.15) is 0 Å². The van der Waals surface area contributed by atoms with Crippen molar-refractivity contribution in [3.05, 3.63) is 30.3 Å². The molecule has 0 saturated heterocycles. The Hall–Kier alpha value is -1.44. The van der Waals surface area contributed by atoms with Crippen molar-refractivity contribution in [1.82, 2.24) is 0 Å². The molecule has 0 aromatic heterocycles. The Morgan fingerprint density at radius 3 is 2.73 bits per heavy atom. The molecule has 2 nitrogen and oxygen atoms in total. The number of nitrogen functional groups attached to an aromatic ring is 1. The highest BCUT2D eigenvalue weighted by molar-refractivity contribution is 5.69. The van der Waals surface area contributed by atoms with Crippen molar-refractivity contribution < 1.29 is 0 Å². The van der Waals surface area contributed by atoms with Crippen molar-refractivity contribution in [2.75, 3.05) is 18.1 Å². The van der Waals surface area contributed by atoms with Crippen LogP contribution in [0.2, 0.25) is 0 Å². The van der Waals surface area contributed by atoms with Crippen LogP contribution in [0.3, 0.4) is 0 Å². The van der Waals surface area contributed by atoms with Gasteiger partial charge >= 0.3 is 0 Å². The molecule has 0 fully saturated rings. The Balaban J connectivity index is 3.09. The molecule has 0 atom stereocenters. The lowest BCUT2D eigenvalue weighted by Gasteiger charge is -2.04. The molecule has 0 bridgehead atoms. The topological polar surface area (TPSA) is 38.0 Å². The summed E-state index contributed by atoms with van der Waals surface area (Å²) >= 11 is 0. The molecule has 0 amide bonds. The van der Waals surface area contributed by atoms with Gasteiger partial charge in [0.1, 0.15) is 0 Å². The van der Waals surface area contributed by atoms with Gasteiger partial charge in [0, 0.05) is 7.05 Å². The highest BCUT2D eigenvalue weighted by atomic mass is 14.8. The Bertz CT molecular complexity index is 266. The number of rotatable bonds is 2. The predicted octanol–water partition coefficient (Wildman–Crippen LogP) is 1.95. The van der Waals surface area contributed by atoms with E-state index in [0.29, 0.717) is 0 Å². The fourth-order valence-electron chi connectivity index (χ4n) is 0.936. The molecule has 0 heterocycles. The van der Waals surface area contributed by atoms with Crippen LogP contribution in [0, 0.1) is 0 Å². The minimum absolute atomic E-state index is 0.755. The first kappa shape index (κ1) is 7.66. The summed E-state index contributed by atoms with van der Waals surface area (Å²) in [5.74, 6) is 0. The highest BCUT2D eigenvalue weighted by Gasteiger charge is 1.94. The average Bonchev–Trinajstić information content (AvgIpc) is 2.04. The van der Waals surface area contributed by atoms with Crippen LogP contribution in [0.4, 0.5) is 11.4 Å². The number of hydrogen-bond acceptors (Lipinski definition) is 2. The molecule has 0 spiro atoms. The van der Waals surface area contributed by atoms with Crippen molar-refractivity contribution in [3.63, 3.8) is 0 Å². The number of hydrogen-bond donors (Lipinski definition) is 2. The second kappa shape index (κ2) is 3.10. The van der Waals surface area contributed by atoms with Gasteiger partial charge < -0.3 is 11.1 Å². The van der Waals surface area contributed by atoms with Crippen molar-refractivity contribution >= 4 is 17.5 Å². The zero-order valence-electron chi connectivity index (χ0n) is 6.59. The smallest absolute Gasteiger partial charge is 0.0571 e. The van der Waals surface area contributed by atoms with Crippen LogP contribution in [0.5, 0.6) is 0 Å². The van der Waals surface area contributed by atoms with E-state index in [1.54, 1.807) is 6.08 Å². The molecule has 3 N–H and O–H groups in total. The Kier molecular flexibility index (Phi) is 2.16. The standard InChI is InChI=1S/C9H12N2/c1-3-7-4-5-9(11-2)8(10)6-7/h3-6,11H,1,10H2,2H3. The van der Waals surface area contributed by atoms with Gasteiger partial charge in [-0.3, -0.25) is 0 Å². The van der Waals surface area contributed by atoms with Gasteiger partial charge in [0.2, 0.25) is 0 Å². The molecule has 11 heavy (non-hydrogen) atoms. The fraction of sp³-hybridized carbons (Fsp3) is 0.111. The van der Waals surface area contributed by atoms with E-state index < -0.39 is 0 Å². The normalized spacial score (nSPS) is 9.18. The minimum atomic E-state index is 0.755. The van der Waals surface area contributed by atoms with Crippen LogP contribution in [0.1, 0.15) is 5.56 Å². The Morgan fingerprint density at radius 2 is 2.27 bits per heavy atom. The van der Waals surface area contributed by atoms with Crippen molar-refractivity contribution in [1.29, 1.82) is 0 Å². The third-order valence-corrected chi connectivity index (χ3v) is 1.58. The van der Waals surface area contributed by atoms with Crippen molar-refractivity contribution in [2.45, 2.75) is 0 Å². The summed E-state index contributed by atoms with van der Waals surface area (Å²) in [6, 6.07) is 5.79. The molecule has 58 valence electrons. The van der Waals surface area contributed by atoms with E-state index in [9.17, 15) is 0 Å². The summed E-state index contributed by atoms with van der Waals surface area (Å²) in [4.78, 5) is 0. The number of anilines is 2. The van der Waals surface area contributed by atoms with Crippen LogP contribution in [-0.2, 0) is 0 Å². The molecule has 0 aliphatic heterocycles. The molecule has 0 aliphatic carbocycles. The lowest BCUT2D eigenvalue weighted by Crippen LogP contribution is -1.95. The van der Waals surface area contributed by atoms with E-state index in [2.05, 4.69) is 11.9 Å². The maximum Gasteiger partial charge on any atom is 0.0571 e. The second-order valence-electron chi connectivity index (χ2n) is 2.30.